The standard InChI is InChI=1S/C7H5N3O.2C2H6/c11-7-2-4-9-6-1-3-8-5-10(6)7;2*1-2/h1-5H;2*1-2H3. The van der Waals surface area contributed by atoms with Crippen molar-refractivity contribution in [3.8, 4) is 0 Å². The van der Waals surface area contributed by atoms with E-state index in [1.165, 1.54) is 23.0 Å². The molecule has 82 valence electrons. The van der Waals surface area contributed by atoms with Crippen LogP contribution < -0.4 is 5.56 Å². The molecule has 0 aliphatic carbocycles. The molecular formula is C11H17N3O. The zero-order chi connectivity index (χ0) is 11.7. The molecule has 0 aromatic carbocycles. The van der Waals surface area contributed by atoms with Crippen LogP contribution in [0.25, 0.3) is 5.65 Å². The van der Waals surface area contributed by atoms with E-state index in [-0.39, 0.29) is 5.56 Å². The van der Waals surface area contributed by atoms with Crippen LogP contribution in [0.2, 0.25) is 0 Å². The van der Waals surface area contributed by atoms with Gasteiger partial charge in [0.1, 0.15) is 12.0 Å². The van der Waals surface area contributed by atoms with Crippen LogP contribution in [-0.4, -0.2) is 14.4 Å². The summed E-state index contributed by atoms with van der Waals surface area (Å²) in [6, 6.07) is 3.08. The highest BCUT2D eigenvalue weighted by atomic mass is 16.1. The second-order valence-electron chi connectivity index (χ2n) is 2.09. The fourth-order valence-corrected chi connectivity index (χ4v) is 0.887. The molecule has 2 aromatic heterocycles. The Morgan fingerprint density at radius 3 is 2.33 bits per heavy atom. The largest absolute Gasteiger partial charge is 0.269 e. The van der Waals surface area contributed by atoms with Gasteiger partial charge in [0.15, 0.2) is 0 Å². The highest BCUT2D eigenvalue weighted by Gasteiger charge is 1.91. The first kappa shape index (κ1) is 13.3. The lowest BCUT2D eigenvalue weighted by molar-refractivity contribution is 0.992. The van der Waals surface area contributed by atoms with Crippen LogP contribution in [0.1, 0.15) is 27.7 Å². The summed E-state index contributed by atoms with van der Waals surface area (Å²) in [6.07, 6.45) is 4.53. The predicted molar refractivity (Wildman–Crippen MR) is 62.0 cm³/mol. The van der Waals surface area contributed by atoms with Gasteiger partial charge < -0.3 is 0 Å². The zero-order valence-corrected chi connectivity index (χ0v) is 9.64. The number of hydrogen-bond donors (Lipinski definition) is 0. The van der Waals surface area contributed by atoms with E-state index in [1.54, 1.807) is 12.3 Å². The molecule has 4 heteroatoms. The van der Waals surface area contributed by atoms with Crippen molar-refractivity contribution in [2.45, 2.75) is 27.7 Å². The minimum atomic E-state index is -0.108. The Bertz CT molecular complexity index is 432. The molecule has 0 fully saturated rings. The highest BCUT2D eigenvalue weighted by molar-refractivity contribution is 5.34. The maximum absolute atomic E-state index is 11.1. The van der Waals surface area contributed by atoms with E-state index in [2.05, 4.69) is 9.97 Å². The van der Waals surface area contributed by atoms with Gasteiger partial charge in [0.25, 0.3) is 5.56 Å². The van der Waals surface area contributed by atoms with Crippen molar-refractivity contribution in [3.05, 3.63) is 41.2 Å². The molecule has 0 amide bonds. The quantitative estimate of drug-likeness (QED) is 0.665. The topological polar surface area (TPSA) is 47.3 Å². The maximum atomic E-state index is 11.1. The van der Waals surface area contributed by atoms with Crippen LogP contribution in [0.4, 0.5) is 0 Å². The van der Waals surface area contributed by atoms with Gasteiger partial charge in [-0.15, -0.1) is 0 Å². The van der Waals surface area contributed by atoms with Crippen molar-refractivity contribution < 1.29 is 0 Å². The van der Waals surface area contributed by atoms with Crippen molar-refractivity contribution in [1.82, 2.24) is 14.4 Å². The molecule has 4 nitrogen and oxygen atoms in total. The monoisotopic (exact) mass is 207 g/mol. The first-order chi connectivity index (χ1) is 7.38. The Morgan fingerprint density at radius 2 is 1.73 bits per heavy atom. The van der Waals surface area contributed by atoms with Crippen molar-refractivity contribution in [2.75, 3.05) is 0 Å². The van der Waals surface area contributed by atoms with Gasteiger partial charge in [-0.2, -0.15) is 0 Å². The lowest BCUT2D eigenvalue weighted by atomic mass is 10.5. The predicted octanol–water partition coefficient (Wildman–Crippen LogP) is 2.14. The first-order valence-electron chi connectivity index (χ1n) is 5.15. The van der Waals surface area contributed by atoms with Crippen LogP contribution in [0.3, 0.4) is 0 Å². The molecule has 0 aliphatic rings. The molecule has 2 heterocycles. The zero-order valence-electron chi connectivity index (χ0n) is 9.64. The van der Waals surface area contributed by atoms with Crippen molar-refractivity contribution in [2.24, 2.45) is 0 Å². The smallest absolute Gasteiger partial charge is 0.259 e. The lowest BCUT2D eigenvalue weighted by Crippen LogP contribution is -2.12. The molecule has 0 aliphatic heterocycles. The highest BCUT2D eigenvalue weighted by Crippen LogP contribution is 1.89. The van der Waals surface area contributed by atoms with Crippen LogP contribution >= 0.6 is 0 Å². The van der Waals surface area contributed by atoms with E-state index in [0.29, 0.717) is 5.65 Å². The molecule has 0 atom stereocenters. The summed E-state index contributed by atoms with van der Waals surface area (Å²) in [5.74, 6) is 0. The number of nitrogens with zero attached hydrogens (tertiary/aromatic N) is 3. The van der Waals surface area contributed by atoms with Gasteiger partial charge in [0.2, 0.25) is 0 Å². The molecule has 0 unspecified atom stereocenters. The third kappa shape index (κ3) is 3.50. The second kappa shape index (κ2) is 7.67. The van der Waals surface area contributed by atoms with Gasteiger partial charge in [-0.3, -0.25) is 9.20 Å². The van der Waals surface area contributed by atoms with Gasteiger partial charge in [0.05, 0.1) is 0 Å². The summed E-state index contributed by atoms with van der Waals surface area (Å²) in [6.45, 7) is 8.00. The van der Waals surface area contributed by atoms with E-state index in [9.17, 15) is 4.79 Å². The minimum Gasteiger partial charge on any atom is -0.269 e. The van der Waals surface area contributed by atoms with Crippen LogP contribution in [0, 0.1) is 0 Å². The second-order valence-corrected chi connectivity index (χ2v) is 2.09. The van der Waals surface area contributed by atoms with Gasteiger partial charge in [-0.25, -0.2) is 9.97 Å². The summed E-state index contributed by atoms with van der Waals surface area (Å²) in [7, 11) is 0. The fourth-order valence-electron chi connectivity index (χ4n) is 0.887. The van der Waals surface area contributed by atoms with E-state index < -0.39 is 0 Å². The summed E-state index contributed by atoms with van der Waals surface area (Å²) in [5, 5.41) is 0. The molecule has 0 saturated carbocycles. The number of aromatic nitrogens is 3. The Hall–Kier alpha value is -1.71. The van der Waals surface area contributed by atoms with Crippen molar-refractivity contribution >= 4 is 5.65 Å². The fraction of sp³-hybridized carbons (Fsp3) is 0.364. The van der Waals surface area contributed by atoms with E-state index >= 15 is 0 Å². The van der Waals surface area contributed by atoms with E-state index in [4.69, 9.17) is 0 Å². The average molecular weight is 207 g/mol. The molecule has 0 N–H and O–H groups in total. The van der Waals surface area contributed by atoms with Crippen LogP contribution in [0.5, 0.6) is 0 Å². The van der Waals surface area contributed by atoms with E-state index in [0.717, 1.165) is 0 Å². The Balaban J connectivity index is 0.000000442. The molecule has 0 radical (unpaired) electrons. The maximum Gasteiger partial charge on any atom is 0.259 e. The average Bonchev–Trinajstić information content (AvgIpc) is 2.35. The number of rotatable bonds is 0. The van der Waals surface area contributed by atoms with Crippen LogP contribution in [0.15, 0.2) is 35.6 Å². The van der Waals surface area contributed by atoms with Crippen LogP contribution in [-0.2, 0) is 0 Å². The molecule has 0 saturated heterocycles. The molecule has 0 spiro atoms. The molecule has 0 bridgehead atoms. The minimum absolute atomic E-state index is 0.108. The van der Waals surface area contributed by atoms with Crippen molar-refractivity contribution in [1.29, 1.82) is 0 Å². The molecule has 2 rings (SSSR count). The summed E-state index contributed by atoms with van der Waals surface area (Å²) < 4.78 is 1.39. The Morgan fingerprint density at radius 1 is 1.07 bits per heavy atom. The lowest BCUT2D eigenvalue weighted by Gasteiger charge is -1.94. The third-order valence-electron chi connectivity index (χ3n) is 1.40. The Kier molecular flexibility index (Phi) is 6.80. The first-order valence-corrected chi connectivity index (χ1v) is 5.15. The normalized spacial score (nSPS) is 8.27. The molecular weight excluding hydrogens is 190 g/mol. The van der Waals surface area contributed by atoms with Gasteiger partial charge in [-0.05, 0) is 6.07 Å². The summed E-state index contributed by atoms with van der Waals surface area (Å²) in [5.41, 5.74) is 0.510. The SMILES string of the molecule is CC.CC.O=c1ccnc2ccncn12. The molecule has 15 heavy (non-hydrogen) atoms. The van der Waals surface area contributed by atoms with Gasteiger partial charge in [0, 0.05) is 18.5 Å². The van der Waals surface area contributed by atoms with Gasteiger partial charge >= 0.3 is 0 Å². The van der Waals surface area contributed by atoms with Crippen molar-refractivity contribution in [3.63, 3.8) is 0 Å². The third-order valence-corrected chi connectivity index (χ3v) is 1.40. The number of fused-ring (bicyclic) bond motifs is 1. The molecule has 2 aromatic rings. The van der Waals surface area contributed by atoms with Gasteiger partial charge in [-0.1, -0.05) is 27.7 Å². The number of hydrogen-bond acceptors (Lipinski definition) is 3. The van der Waals surface area contributed by atoms with E-state index in [1.807, 2.05) is 27.7 Å². The summed E-state index contributed by atoms with van der Waals surface area (Å²) in [4.78, 5) is 18.8. The summed E-state index contributed by atoms with van der Waals surface area (Å²) >= 11 is 0. The Labute approximate surface area is 89.6 Å².